The Labute approximate surface area is 167 Å². The first-order chi connectivity index (χ1) is 13.8. The van der Waals surface area contributed by atoms with Crippen LogP contribution in [0.2, 0.25) is 0 Å². The number of fused-ring (bicyclic) bond motifs is 2. The number of aliphatic hydroxyl groups excluding tert-OH is 1. The summed E-state index contributed by atoms with van der Waals surface area (Å²) in [4.78, 5) is 4.46. The summed E-state index contributed by atoms with van der Waals surface area (Å²) in [7, 11) is 2.07. The third kappa shape index (κ3) is 4.84. The Kier molecular flexibility index (Phi) is 6.01. The highest BCUT2D eigenvalue weighted by Gasteiger charge is 2.52. The minimum atomic E-state index is -4.71. The number of benzene rings is 1. The van der Waals surface area contributed by atoms with Crippen molar-refractivity contribution < 1.29 is 32.5 Å². The van der Waals surface area contributed by atoms with Gasteiger partial charge in [-0.2, -0.15) is 0 Å². The van der Waals surface area contributed by atoms with Crippen LogP contribution in [0.15, 0.2) is 24.3 Å². The fourth-order valence-corrected chi connectivity index (χ4v) is 4.21. The van der Waals surface area contributed by atoms with Crippen molar-refractivity contribution in [2.75, 3.05) is 39.8 Å². The lowest BCUT2D eigenvalue weighted by Crippen LogP contribution is -2.66. The number of nitrogens with one attached hydrogen (secondary N) is 1. The molecule has 3 fully saturated rings. The molecule has 1 aromatic carbocycles. The molecule has 162 valence electrons. The molecule has 10 heteroatoms. The summed E-state index contributed by atoms with van der Waals surface area (Å²) in [5, 5.41) is 14.4. The second kappa shape index (κ2) is 8.37. The molecule has 0 amide bonds. The van der Waals surface area contributed by atoms with Crippen LogP contribution in [0.25, 0.3) is 0 Å². The monoisotopic (exact) mass is 417 g/mol. The van der Waals surface area contributed by atoms with Gasteiger partial charge in [-0.1, -0.05) is 12.1 Å². The van der Waals surface area contributed by atoms with Gasteiger partial charge in [-0.25, -0.2) is 0 Å². The number of ether oxygens (including phenoxy) is 3. The van der Waals surface area contributed by atoms with E-state index in [2.05, 4.69) is 26.9 Å². The van der Waals surface area contributed by atoms with Gasteiger partial charge < -0.3 is 29.5 Å². The van der Waals surface area contributed by atoms with Gasteiger partial charge in [-0.05, 0) is 24.7 Å². The van der Waals surface area contributed by atoms with Gasteiger partial charge in [0.15, 0.2) is 6.29 Å². The lowest BCUT2D eigenvalue weighted by atomic mass is 9.94. The maximum absolute atomic E-state index is 12.3. The average Bonchev–Trinajstić information content (AvgIpc) is 3.08. The Bertz CT molecular complexity index is 682. The van der Waals surface area contributed by atoms with Crippen LogP contribution in [-0.4, -0.2) is 91.7 Å². The van der Waals surface area contributed by atoms with Gasteiger partial charge in [0.2, 0.25) is 0 Å². The fraction of sp³-hybridized carbons (Fsp3) is 0.684. The van der Waals surface area contributed by atoms with E-state index in [-0.39, 0.29) is 23.9 Å². The third-order valence-corrected chi connectivity index (χ3v) is 5.79. The molecule has 0 aliphatic carbocycles. The molecule has 0 saturated carbocycles. The summed E-state index contributed by atoms with van der Waals surface area (Å²) < 4.78 is 52.5. The summed E-state index contributed by atoms with van der Waals surface area (Å²) in [5.41, 5.74) is 0.781. The van der Waals surface area contributed by atoms with Crippen LogP contribution in [-0.2, 0) is 16.0 Å². The first kappa shape index (κ1) is 20.8. The van der Waals surface area contributed by atoms with Gasteiger partial charge in [-0.3, -0.25) is 4.90 Å². The number of nitrogens with zero attached hydrogens (tertiary/aromatic N) is 2. The quantitative estimate of drug-likeness (QED) is 0.734. The molecule has 0 aromatic heterocycles. The van der Waals surface area contributed by atoms with Crippen LogP contribution >= 0.6 is 0 Å². The van der Waals surface area contributed by atoms with Crippen molar-refractivity contribution in [2.45, 2.75) is 43.5 Å². The Hall–Kier alpha value is -1.43. The summed E-state index contributed by atoms with van der Waals surface area (Å²) in [6, 6.07) is 5.11. The Morgan fingerprint density at radius 2 is 1.86 bits per heavy atom. The van der Waals surface area contributed by atoms with E-state index in [0.29, 0.717) is 13.2 Å². The highest BCUT2D eigenvalue weighted by atomic mass is 19.4. The predicted octanol–water partition coefficient (Wildman–Crippen LogP) is 0.775. The summed E-state index contributed by atoms with van der Waals surface area (Å²) in [6.45, 7) is 4.29. The number of hydrogen-bond acceptors (Lipinski definition) is 7. The molecular formula is C19H26F3N3O4. The fourth-order valence-electron chi connectivity index (χ4n) is 4.21. The summed E-state index contributed by atoms with van der Waals surface area (Å²) in [5.74, 6) is -0.260. The van der Waals surface area contributed by atoms with Crippen LogP contribution in [0.1, 0.15) is 5.56 Å². The van der Waals surface area contributed by atoms with E-state index in [9.17, 15) is 18.3 Å². The molecule has 0 spiro atoms. The molecule has 0 unspecified atom stereocenters. The van der Waals surface area contributed by atoms with Gasteiger partial charge in [0.1, 0.15) is 11.9 Å². The minimum Gasteiger partial charge on any atom is -0.406 e. The van der Waals surface area contributed by atoms with E-state index in [4.69, 9.17) is 9.47 Å². The first-order valence-corrected chi connectivity index (χ1v) is 9.76. The molecule has 7 nitrogen and oxygen atoms in total. The lowest BCUT2D eigenvalue weighted by molar-refractivity contribution is -0.274. The van der Waals surface area contributed by atoms with E-state index in [1.807, 2.05) is 0 Å². The van der Waals surface area contributed by atoms with E-state index >= 15 is 0 Å². The molecule has 3 aliphatic heterocycles. The van der Waals surface area contributed by atoms with Crippen LogP contribution < -0.4 is 10.1 Å². The third-order valence-electron chi connectivity index (χ3n) is 5.79. The second-order valence-electron chi connectivity index (χ2n) is 7.80. The number of piperazine rings is 1. The summed E-state index contributed by atoms with van der Waals surface area (Å²) in [6.07, 6.45) is -6.07. The zero-order valence-electron chi connectivity index (χ0n) is 16.1. The standard InChI is InChI=1S/C19H26F3N3O4/c1-24-6-8-25(9-7-24)16-17(26)15(14-11-27-18(16)28-14)23-10-12-2-4-13(5-3-12)29-19(20,21)22/h2-5,14-18,23,26H,6-11H2,1H3/t14-,15-,16-,17+,18-/m1/s1. The Morgan fingerprint density at radius 3 is 2.52 bits per heavy atom. The maximum atomic E-state index is 12.3. The highest BCUT2D eigenvalue weighted by molar-refractivity contribution is 5.27. The number of aliphatic hydroxyl groups is 1. The predicted molar refractivity (Wildman–Crippen MR) is 97.2 cm³/mol. The molecule has 29 heavy (non-hydrogen) atoms. The minimum absolute atomic E-state index is 0.248. The van der Waals surface area contributed by atoms with E-state index < -0.39 is 18.8 Å². The van der Waals surface area contributed by atoms with Crippen LogP contribution in [0.5, 0.6) is 5.75 Å². The largest absolute Gasteiger partial charge is 0.573 e. The van der Waals surface area contributed by atoms with Crippen molar-refractivity contribution in [3.05, 3.63) is 29.8 Å². The number of halogens is 3. The molecule has 4 rings (SSSR count). The summed E-state index contributed by atoms with van der Waals surface area (Å²) >= 11 is 0. The number of alkyl halides is 3. The topological polar surface area (TPSA) is 66.4 Å². The lowest BCUT2D eigenvalue weighted by Gasteiger charge is -2.46. The first-order valence-electron chi connectivity index (χ1n) is 9.76. The Balaban J connectivity index is 1.38. The molecule has 3 saturated heterocycles. The number of rotatable bonds is 5. The van der Waals surface area contributed by atoms with Crippen molar-refractivity contribution >= 4 is 0 Å². The SMILES string of the molecule is CN1CCN([C@H]2[C@@H]3OC[C@@H](O3)[C@@H](NCc3ccc(OC(F)(F)F)cc3)[C@@H]2O)CC1. The van der Waals surface area contributed by atoms with Crippen molar-refractivity contribution in [1.82, 2.24) is 15.1 Å². The smallest absolute Gasteiger partial charge is 0.406 e. The second-order valence-corrected chi connectivity index (χ2v) is 7.80. The normalized spacial score (nSPS) is 33.8. The van der Waals surface area contributed by atoms with Crippen LogP contribution in [0, 0.1) is 0 Å². The van der Waals surface area contributed by atoms with E-state index in [1.54, 1.807) is 12.1 Å². The van der Waals surface area contributed by atoms with Crippen molar-refractivity contribution in [1.29, 1.82) is 0 Å². The average molecular weight is 417 g/mol. The molecule has 5 atom stereocenters. The van der Waals surface area contributed by atoms with Crippen LogP contribution in [0.4, 0.5) is 13.2 Å². The molecule has 2 N–H and O–H groups in total. The van der Waals surface area contributed by atoms with Gasteiger partial charge >= 0.3 is 6.36 Å². The van der Waals surface area contributed by atoms with Crippen molar-refractivity contribution in [3.63, 3.8) is 0 Å². The van der Waals surface area contributed by atoms with Crippen molar-refractivity contribution in [2.24, 2.45) is 0 Å². The number of hydrogen-bond donors (Lipinski definition) is 2. The maximum Gasteiger partial charge on any atom is 0.573 e. The molecule has 2 bridgehead atoms. The van der Waals surface area contributed by atoms with E-state index in [1.165, 1.54) is 12.1 Å². The van der Waals surface area contributed by atoms with Gasteiger partial charge in [0.05, 0.1) is 24.8 Å². The van der Waals surface area contributed by atoms with Crippen LogP contribution in [0.3, 0.4) is 0 Å². The zero-order valence-corrected chi connectivity index (χ0v) is 16.1. The molecule has 1 aromatic rings. The van der Waals surface area contributed by atoms with Gasteiger partial charge in [-0.15, -0.1) is 13.2 Å². The molecular weight excluding hydrogens is 391 g/mol. The molecule has 3 heterocycles. The Morgan fingerprint density at radius 1 is 1.17 bits per heavy atom. The van der Waals surface area contributed by atoms with Gasteiger partial charge in [0, 0.05) is 32.7 Å². The zero-order chi connectivity index (χ0) is 20.6. The van der Waals surface area contributed by atoms with Crippen molar-refractivity contribution in [3.8, 4) is 5.75 Å². The molecule has 0 radical (unpaired) electrons. The van der Waals surface area contributed by atoms with Gasteiger partial charge in [0.25, 0.3) is 0 Å². The highest BCUT2D eigenvalue weighted by Crippen LogP contribution is 2.32. The molecule has 3 aliphatic rings. The number of likely N-dealkylation sites (N-methyl/N-ethyl adjacent to an activating group) is 1. The van der Waals surface area contributed by atoms with E-state index in [0.717, 1.165) is 31.7 Å².